The van der Waals surface area contributed by atoms with Gasteiger partial charge in [-0.2, -0.15) is 0 Å². The number of nitrogens with one attached hydrogen (secondary N) is 2. The molecule has 2 aromatic heterocycles. The molecular formula is C9H10BrN5O3S. The number of nitrogens with two attached hydrogens (primary N) is 1. The smallest absolute Gasteiger partial charge is 0.266 e. The number of nitrogen functional groups attached to an aromatic ring is 1. The molecule has 0 aliphatic carbocycles. The second kappa shape index (κ2) is 5.15. The Morgan fingerprint density at radius 2 is 2.16 bits per heavy atom. The first-order chi connectivity index (χ1) is 8.92. The van der Waals surface area contributed by atoms with Gasteiger partial charge in [-0.05, 0) is 28.9 Å². The van der Waals surface area contributed by atoms with Crippen LogP contribution >= 0.6 is 15.9 Å². The van der Waals surface area contributed by atoms with Crippen LogP contribution in [0.2, 0.25) is 0 Å². The number of nitrogens with zero attached hydrogens (tertiary/aromatic N) is 2. The molecule has 0 aliphatic rings. The van der Waals surface area contributed by atoms with Gasteiger partial charge >= 0.3 is 0 Å². The van der Waals surface area contributed by atoms with Gasteiger partial charge in [-0.3, -0.25) is 4.72 Å². The van der Waals surface area contributed by atoms with Crippen molar-refractivity contribution in [2.75, 3.05) is 10.1 Å². The zero-order valence-electron chi connectivity index (χ0n) is 9.71. The van der Waals surface area contributed by atoms with E-state index in [1.54, 1.807) is 6.92 Å². The number of hydrogen-bond acceptors (Lipinski definition) is 7. The van der Waals surface area contributed by atoms with Crippen molar-refractivity contribution in [2.24, 2.45) is 5.84 Å². The molecule has 0 amide bonds. The van der Waals surface area contributed by atoms with Crippen molar-refractivity contribution >= 4 is 37.6 Å². The minimum atomic E-state index is -3.87. The molecule has 0 radical (unpaired) electrons. The monoisotopic (exact) mass is 347 g/mol. The van der Waals surface area contributed by atoms with Crippen LogP contribution in [0.3, 0.4) is 0 Å². The highest BCUT2D eigenvalue weighted by Gasteiger charge is 2.21. The summed E-state index contributed by atoms with van der Waals surface area (Å²) in [5.74, 6) is 5.84. The molecule has 0 aromatic carbocycles. The molecule has 0 unspecified atom stereocenters. The molecule has 8 nitrogen and oxygen atoms in total. The Bertz CT molecular complexity index is 700. The number of aromatic nitrogens is 2. The number of pyridine rings is 1. The molecule has 0 atom stereocenters. The number of hydrogen-bond donors (Lipinski definition) is 3. The molecule has 2 rings (SSSR count). The van der Waals surface area contributed by atoms with E-state index in [9.17, 15) is 8.42 Å². The average Bonchev–Trinajstić information content (AvgIpc) is 2.74. The molecule has 0 saturated heterocycles. The van der Waals surface area contributed by atoms with E-state index >= 15 is 0 Å². The van der Waals surface area contributed by atoms with Crippen molar-refractivity contribution in [3.8, 4) is 0 Å². The van der Waals surface area contributed by atoms with Crippen LogP contribution in [0.5, 0.6) is 0 Å². The van der Waals surface area contributed by atoms with Crippen molar-refractivity contribution in [3.05, 3.63) is 28.6 Å². The summed E-state index contributed by atoms with van der Waals surface area (Å²) in [6, 6.07) is 2.83. The average molecular weight is 348 g/mol. The summed E-state index contributed by atoms with van der Waals surface area (Å²) in [6.07, 6.45) is 1.43. The van der Waals surface area contributed by atoms with Crippen molar-refractivity contribution in [2.45, 2.75) is 11.8 Å². The summed E-state index contributed by atoms with van der Waals surface area (Å²) in [4.78, 5) is 3.76. The number of hydrazine groups is 1. The third-order valence-corrected chi connectivity index (χ3v) is 3.91. The topological polar surface area (TPSA) is 123 Å². The van der Waals surface area contributed by atoms with Crippen molar-refractivity contribution < 1.29 is 12.9 Å². The van der Waals surface area contributed by atoms with Gasteiger partial charge in [0.2, 0.25) is 0 Å². The van der Waals surface area contributed by atoms with E-state index in [2.05, 4.69) is 36.2 Å². The lowest BCUT2D eigenvalue weighted by atomic mass is 10.5. The van der Waals surface area contributed by atoms with E-state index < -0.39 is 10.0 Å². The van der Waals surface area contributed by atoms with Gasteiger partial charge in [0, 0.05) is 16.7 Å². The lowest BCUT2D eigenvalue weighted by Gasteiger charge is -2.09. The number of aryl methyl sites for hydroxylation is 1. The lowest BCUT2D eigenvalue weighted by Crippen LogP contribution is -2.18. The molecule has 102 valence electrons. The molecule has 0 saturated carbocycles. The number of halogens is 1. The first kappa shape index (κ1) is 13.8. The van der Waals surface area contributed by atoms with E-state index in [-0.39, 0.29) is 16.5 Å². The minimum Gasteiger partial charge on any atom is -0.360 e. The largest absolute Gasteiger partial charge is 0.360 e. The van der Waals surface area contributed by atoms with Crippen molar-refractivity contribution in [1.82, 2.24) is 10.1 Å². The van der Waals surface area contributed by atoms with Crippen LogP contribution in [0.1, 0.15) is 5.76 Å². The summed E-state index contributed by atoms with van der Waals surface area (Å²) in [5, 5.41) is 3.56. The van der Waals surface area contributed by atoms with E-state index in [4.69, 9.17) is 10.4 Å². The predicted octanol–water partition coefficient (Wildman–Crippen LogP) is 1.23. The Morgan fingerprint density at radius 3 is 2.74 bits per heavy atom. The van der Waals surface area contributed by atoms with Crippen molar-refractivity contribution in [1.29, 1.82) is 0 Å². The Balaban J connectivity index is 2.41. The van der Waals surface area contributed by atoms with E-state index in [0.717, 1.165) is 0 Å². The standard InChI is InChI=1S/C9H10BrN5O3S/c1-5-2-8(14-18-5)15-19(16,17)7-3-6(10)4-12-9(7)13-11/h2-4H,11H2,1H3,(H,12,13)(H,14,15). The fraction of sp³-hybridized carbons (Fsp3) is 0.111. The van der Waals surface area contributed by atoms with Gasteiger partial charge in [0.25, 0.3) is 10.0 Å². The summed E-state index contributed by atoms with van der Waals surface area (Å²) in [6.45, 7) is 1.65. The molecule has 0 fully saturated rings. The minimum absolute atomic E-state index is 0.0240. The van der Waals surface area contributed by atoms with Crippen LogP contribution in [-0.2, 0) is 10.0 Å². The zero-order chi connectivity index (χ0) is 14.0. The summed E-state index contributed by atoms with van der Waals surface area (Å²) < 4.78 is 31.9. The highest BCUT2D eigenvalue weighted by Crippen LogP contribution is 2.24. The number of anilines is 2. The van der Waals surface area contributed by atoms with Crippen molar-refractivity contribution in [3.63, 3.8) is 0 Å². The van der Waals surface area contributed by atoms with E-state index in [1.165, 1.54) is 18.3 Å². The van der Waals surface area contributed by atoms with Gasteiger partial charge < -0.3 is 9.95 Å². The third kappa shape index (κ3) is 3.03. The van der Waals surface area contributed by atoms with Gasteiger partial charge in [0.05, 0.1) is 0 Å². The van der Waals surface area contributed by atoms with Gasteiger partial charge in [0.1, 0.15) is 10.7 Å². The predicted molar refractivity (Wildman–Crippen MR) is 71.8 cm³/mol. The Kier molecular flexibility index (Phi) is 3.73. The van der Waals surface area contributed by atoms with Gasteiger partial charge in [-0.25, -0.2) is 19.2 Å². The number of sulfonamides is 1. The van der Waals surface area contributed by atoms with Crippen LogP contribution in [0.4, 0.5) is 11.6 Å². The van der Waals surface area contributed by atoms with Gasteiger partial charge in [-0.1, -0.05) is 5.16 Å². The molecule has 0 spiro atoms. The normalized spacial score (nSPS) is 11.3. The highest BCUT2D eigenvalue weighted by molar-refractivity contribution is 9.10. The quantitative estimate of drug-likeness (QED) is 0.561. The zero-order valence-corrected chi connectivity index (χ0v) is 12.1. The molecule has 0 bridgehead atoms. The maximum atomic E-state index is 12.2. The molecule has 0 aliphatic heterocycles. The SMILES string of the molecule is Cc1cc(NS(=O)(=O)c2cc(Br)cnc2NN)no1. The Hall–Kier alpha value is -1.65. The molecule has 2 heterocycles. The van der Waals surface area contributed by atoms with E-state index in [0.29, 0.717) is 10.2 Å². The second-order valence-electron chi connectivity index (χ2n) is 3.57. The lowest BCUT2D eigenvalue weighted by molar-refractivity contribution is 0.400. The van der Waals surface area contributed by atoms with E-state index in [1.807, 2.05) is 0 Å². The molecular weight excluding hydrogens is 338 g/mol. The van der Waals surface area contributed by atoms with Gasteiger partial charge in [0.15, 0.2) is 11.6 Å². The first-order valence-corrected chi connectivity index (χ1v) is 7.28. The molecule has 4 N–H and O–H groups in total. The Labute approximate surface area is 117 Å². The summed E-state index contributed by atoms with van der Waals surface area (Å²) >= 11 is 3.15. The number of rotatable bonds is 4. The molecule has 2 aromatic rings. The molecule has 10 heteroatoms. The maximum absolute atomic E-state index is 12.2. The maximum Gasteiger partial charge on any atom is 0.266 e. The second-order valence-corrected chi connectivity index (χ2v) is 6.14. The van der Waals surface area contributed by atoms with Crippen LogP contribution in [0.15, 0.2) is 32.2 Å². The first-order valence-electron chi connectivity index (χ1n) is 5.00. The fourth-order valence-corrected chi connectivity index (χ4v) is 2.95. The van der Waals surface area contributed by atoms with Crippen LogP contribution < -0.4 is 16.0 Å². The Morgan fingerprint density at radius 1 is 1.42 bits per heavy atom. The van der Waals surface area contributed by atoms with Crippen LogP contribution in [-0.4, -0.2) is 18.6 Å². The summed E-state index contributed by atoms with van der Waals surface area (Å²) in [7, 11) is -3.87. The molecule has 19 heavy (non-hydrogen) atoms. The van der Waals surface area contributed by atoms with Gasteiger partial charge in [-0.15, -0.1) is 0 Å². The summed E-state index contributed by atoms with van der Waals surface area (Å²) in [5.41, 5.74) is 2.22. The van der Waals surface area contributed by atoms with Crippen LogP contribution in [0, 0.1) is 6.92 Å². The fourth-order valence-electron chi connectivity index (χ4n) is 1.34. The third-order valence-electron chi connectivity index (χ3n) is 2.11. The highest BCUT2D eigenvalue weighted by atomic mass is 79.9. The van der Waals surface area contributed by atoms with Crippen LogP contribution in [0.25, 0.3) is 0 Å².